The normalized spacial score (nSPS) is 14.8. The van der Waals surface area contributed by atoms with Crippen LogP contribution in [0, 0.1) is 0 Å². The van der Waals surface area contributed by atoms with Crippen molar-refractivity contribution in [2.75, 3.05) is 31.1 Å². The highest BCUT2D eigenvalue weighted by Gasteiger charge is 2.31. The largest absolute Gasteiger partial charge is 0.417 e. The van der Waals surface area contributed by atoms with Crippen LogP contribution in [0.3, 0.4) is 0 Å². The monoisotopic (exact) mass is 452 g/mol. The Kier molecular flexibility index (Phi) is 5.66. The fraction of sp³-hybridized carbons (Fsp3) is 0.250. The third-order valence-corrected chi connectivity index (χ3v) is 5.92. The van der Waals surface area contributed by atoms with E-state index in [9.17, 15) is 18.0 Å². The lowest BCUT2D eigenvalue weighted by molar-refractivity contribution is -0.137. The van der Waals surface area contributed by atoms with Gasteiger partial charge in [-0.2, -0.15) is 13.2 Å². The number of anilines is 1. The fourth-order valence-electron chi connectivity index (χ4n) is 3.14. The summed E-state index contributed by atoms with van der Waals surface area (Å²) in [6, 6.07) is 9.63. The van der Waals surface area contributed by atoms with Gasteiger partial charge < -0.3 is 9.80 Å². The zero-order chi connectivity index (χ0) is 21.3. The molecule has 156 valence electrons. The molecule has 30 heavy (non-hydrogen) atoms. The number of thiazole rings is 1. The van der Waals surface area contributed by atoms with E-state index in [2.05, 4.69) is 9.97 Å². The van der Waals surface area contributed by atoms with Gasteiger partial charge in [-0.15, -0.1) is 11.3 Å². The molecule has 0 bridgehead atoms. The molecule has 1 fully saturated rings. The fourth-order valence-corrected chi connectivity index (χ4v) is 4.06. The third-order valence-electron chi connectivity index (χ3n) is 4.78. The van der Waals surface area contributed by atoms with Gasteiger partial charge in [0.2, 0.25) is 0 Å². The Morgan fingerprint density at radius 2 is 1.73 bits per heavy atom. The summed E-state index contributed by atoms with van der Waals surface area (Å²) in [5.74, 6) is 0.306. The maximum absolute atomic E-state index is 12.8. The topological polar surface area (TPSA) is 49.3 Å². The van der Waals surface area contributed by atoms with Gasteiger partial charge >= 0.3 is 6.18 Å². The van der Waals surface area contributed by atoms with E-state index < -0.39 is 11.7 Å². The molecule has 5 nitrogen and oxygen atoms in total. The Hall–Kier alpha value is -2.65. The van der Waals surface area contributed by atoms with Crippen LogP contribution in [0.15, 0.2) is 48.0 Å². The van der Waals surface area contributed by atoms with E-state index in [-0.39, 0.29) is 5.91 Å². The van der Waals surface area contributed by atoms with E-state index in [1.165, 1.54) is 17.4 Å². The highest BCUT2D eigenvalue weighted by Crippen LogP contribution is 2.30. The van der Waals surface area contributed by atoms with Gasteiger partial charge in [-0.1, -0.05) is 23.7 Å². The maximum Gasteiger partial charge on any atom is 0.417 e. The molecule has 0 N–H and O–H groups in total. The minimum Gasteiger partial charge on any atom is -0.353 e. The van der Waals surface area contributed by atoms with Crippen molar-refractivity contribution in [3.8, 4) is 10.6 Å². The van der Waals surface area contributed by atoms with Crippen LogP contribution in [-0.4, -0.2) is 47.0 Å². The molecule has 3 heterocycles. The molecular weight excluding hydrogens is 437 g/mol. The van der Waals surface area contributed by atoms with E-state index in [0.29, 0.717) is 42.7 Å². The van der Waals surface area contributed by atoms with Crippen molar-refractivity contribution < 1.29 is 18.0 Å². The average molecular weight is 453 g/mol. The molecule has 1 aliphatic rings. The van der Waals surface area contributed by atoms with E-state index >= 15 is 0 Å². The average Bonchev–Trinajstić information content (AvgIpc) is 3.24. The van der Waals surface area contributed by atoms with Gasteiger partial charge in [-0.05, 0) is 24.3 Å². The van der Waals surface area contributed by atoms with Crippen molar-refractivity contribution in [3.05, 3.63) is 64.3 Å². The zero-order valence-corrected chi connectivity index (χ0v) is 17.1. The van der Waals surface area contributed by atoms with Crippen LogP contribution in [0.4, 0.5) is 19.0 Å². The smallest absolute Gasteiger partial charge is 0.353 e. The van der Waals surface area contributed by atoms with Crippen LogP contribution >= 0.6 is 22.9 Å². The van der Waals surface area contributed by atoms with Crippen LogP contribution in [0.2, 0.25) is 5.02 Å². The lowest BCUT2D eigenvalue weighted by Gasteiger charge is -2.35. The Morgan fingerprint density at radius 3 is 2.33 bits per heavy atom. The number of amides is 1. The van der Waals surface area contributed by atoms with Gasteiger partial charge in [-0.3, -0.25) is 4.79 Å². The lowest BCUT2D eigenvalue weighted by atomic mass is 10.2. The molecule has 0 atom stereocenters. The number of aromatic nitrogens is 2. The zero-order valence-electron chi connectivity index (χ0n) is 15.6. The second-order valence-corrected chi connectivity index (χ2v) is 8.02. The highest BCUT2D eigenvalue weighted by molar-refractivity contribution is 7.13. The molecule has 4 rings (SSSR count). The van der Waals surface area contributed by atoms with Crippen molar-refractivity contribution in [2.45, 2.75) is 6.18 Å². The predicted octanol–water partition coefficient (Wildman–Crippen LogP) is 4.84. The molecular formula is C20H16ClF3N4OS. The third kappa shape index (κ3) is 4.41. The molecule has 1 saturated heterocycles. The number of halogens is 4. The number of hydrogen-bond donors (Lipinski definition) is 0. The minimum atomic E-state index is -4.41. The standard InChI is InChI=1S/C20H16ClF3N4OS/c21-15-4-1-13(2-5-15)18-26-16(12-30-18)19(29)28-9-7-27(8-10-28)17-6-3-14(11-25-17)20(22,23)24/h1-6,11-12H,7-10H2. The van der Waals surface area contributed by atoms with Crippen molar-refractivity contribution in [1.82, 2.24) is 14.9 Å². The van der Waals surface area contributed by atoms with E-state index in [4.69, 9.17) is 11.6 Å². The number of hydrogen-bond acceptors (Lipinski definition) is 5. The van der Waals surface area contributed by atoms with Crippen LogP contribution < -0.4 is 4.90 Å². The first-order chi connectivity index (χ1) is 14.3. The van der Waals surface area contributed by atoms with Crippen molar-refractivity contribution in [1.29, 1.82) is 0 Å². The minimum absolute atomic E-state index is 0.161. The van der Waals surface area contributed by atoms with Gasteiger partial charge in [0.05, 0.1) is 5.56 Å². The van der Waals surface area contributed by atoms with Crippen LogP contribution in [0.5, 0.6) is 0 Å². The molecule has 0 saturated carbocycles. The second kappa shape index (κ2) is 8.23. The maximum atomic E-state index is 12.8. The summed E-state index contributed by atoms with van der Waals surface area (Å²) in [6.07, 6.45) is -3.57. The summed E-state index contributed by atoms with van der Waals surface area (Å²) in [7, 11) is 0. The highest BCUT2D eigenvalue weighted by atomic mass is 35.5. The molecule has 1 aliphatic heterocycles. The quantitative estimate of drug-likeness (QED) is 0.570. The van der Waals surface area contributed by atoms with Crippen LogP contribution in [0.25, 0.3) is 10.6 Å². The number of piperazine rings is 1. The van der Waals surface area contributed by atoms with E-state index in [0.717, 1.165) is 22.8 Å². The second-order valence-electron chi connectivity index (χ2n) is 6.73. The van der Waals surface area contributed by atoms with Gasteiger partial charge in [-0.25, -0.2) is 9.97 Å². The van der Waals surface area contributed by atoms with Crippen molar-refractivity contribution in [3.63, 3.8) is 0 Å². The Labute approximate surface area is 179 Å². The summed E-state index contributed by atoms with van der Waals surface area (Å²) < 4.78 is 38.0. The first kappa shape index (κ1) is 20.6. The summed E-state index contributed by atoms with van der Waals surface area (Å²) >= 11 is 7.29. The first-order valence-corrected chi connectivity index (χ1v) is 10.4. The van der Waals surface area contributed by atoms with Gasteiger partial charge in [0.15, 0.2) is 0 Å². The number of pyridine rings is 1. The SMILES string of the molecule is O=C(c1csc(-c2ccc(Cl)cc2)n1)N1CCN(c2ccc(C(F)(F)F)cn2)CC1. The molecule has 0 aliphatic carbocycles. The molecule has 0 spiro atoms. The Balaban J connectivity index is 1.38. The van der Waals surface area contributed by atoms with Crippen LogP contribution in [-0.2, 0) is 6.18 Å². The summed E-state index contributed by atoms with van der Waals surface area (Å²) in [5.41, 5.74) is 0.493. The molecule has 0 radical (unpaired) electrons. The number of nitrogens with zero attached hydrogens (tertiary/aromatic N) is 4. The summed E-state index contributed by atoms with van der Waals surface area (Å²) in [4.78, 5) is 24.7. The lowest BCUT2D eigenvalue weighted by Crippen LogP contribution is -2.49. The summed E-state index contributed by atoms with van der Waals surface area (Å²) in [6.45, 7) is 1.85. The molecule has 10 heteroatoms. The molecule has 2 aromatic heterocycles. The molecule has 1 aromatic carbocycles. The van der Waals surface area contributed by atoms with Gasteiger partial charge in [0.1, 0.15) is 16.5 Å². The number of carbonyl (C=O) groups excluding carboxylic acids is 1. The van der Waals surface area contributed by atoms with E-state index in [1.54, 1.807) is 22.4 Å². The van der Waals surface area contributed by atoms with Gasteiger partial charge in [0.25, 0.3) is 5.91 Å². The van der Waals surface area contributed by atoms with Crippen LogP contribution in [0.1, 0.15) is 16.1 Å². The van der Waals surface area contributed by atoms with E-state index in [1.807, 2.05) is 17.0 Å². The molecule has 1 amide bonds. The molecule has 0 unspecified atom stereocenters. The van der Waals surface area contributed by atoms with Crippen molar-refractivity contribution >= 4 is 34.7 Å². The Morgan fingerprint density at radius 1 is 1.03 bits per heavy atom. The first-order valence-electron chi connectivity index (χ1n) is 9.10. The van der Waals surface area contributed by atoms with Crippen molar-refractivity contribution in [2.24, 2.45) is 0 Å². The number of carbonyl (C=O) groups is 1. The number of benzene rings is 1. The summed E-state index contributed by atoms with van der Waals surface area (Å²) in [5, 5.41) is 3.10. The molecule has 3 aromatic rings. The van der Waals surface area contributed by atoms with Gasteiger partial charge in [0, 0.05) is 48.3 Å². The Bertz CT molecular complexity index is 1030. The number of rotatable bonds is 3. The number of alkyl halides is 3. The predicted molar refractivity (Wildman–Crippen MR) is 110 cm³/mol.